The molecule has 0 aliphatic carbocycles. The molecule has 0 saturated heterocycles. The maximum Gasteiger partial charge on any atom is 0.0773 e. The van der Waals surface area contributed by atoms with Crippen LogP contribution in [0.25, 0.3) is 0 Å². The van der Waals surface area contributed by atoms with Gasteiger partial charge in [-0.1, -0.05) is 0 Å². The number of hydrogen-bond donors (Lipinski definition) is 1. The molecule has 0 saturated carbocycles. The summed E-state index contributed by atoms with van der Waals surface area (Å²) in [5.74, 6) is 0. The predicted octanol–water partition coefficient (Wildman–Crippen LogP) is 1.28. The van der Waals surface area contributed by atoms with Crippen molar-refractivity contribution in [2.45, 2.75) is 6.04 Å². The molecule has 2 heterocycles. The van der Waals surface area contributed by atoms with E-state index in [0.717, 1.165) is 15.7 Å². The first kappa shape index (κ1) is 11.2. The van der Waals surface area contributed by atoms with Crippen molar-refractivity contribution >= 4 is 15.9 Å². The summed E-state index contributed by atoms with van der Waals surface area (Å²) in [6.45, 7) is 0. The van der Waals surface area contributed by atoms with Gasteiger partial charge in [-0.05, 0) is 34.6 Å². The third-order valence-electron chi connectivity index (χ3n) is 2.44. The first-order valence-electron chi connectivity index (χ1n) is 4.85. The lowest BCUT2D eigenvalue weighted by Crippen LogP contribution is -2.21. The van der Waals surface area contributed by atoms with Crippen molar-refractivity contribution in [3.05, 3.63) is 40.4 Å². The molecule has 2 rings (SSSR count). The van der Waals surface area contributed by atoms with Gasteiger partial charge in [0.05, 0.1) is 28.6 Å². The largest absolute Gasteiger partial charge is 0.308 e. The van der Waals surface area contributed by atoms with Crippen molar-refractivity contribution in [2.75, 3.05) is 7.05 Å². The number of aryl methyl sites for hydroxylation is 1. The normalized spacial score (nSPS) is 12.7. The SMILES string of the molecule is CNC(c1ccnnc1)c1c(Br)cnn1C. The summed E-state index contributed by atoms with van der Waals surface area (Å²) >= 11 is 3.50. The average Bonchev–Trinajstić information content (AvgIpc) is 2.63. The fraction of sp³-hybridized carbons (Fsp3) is 0.300. The minimum Gasteiger partial charge on any atom is -0.308 e. The summed E-state index contributed by atoms with van der Waals surface area (Å²) in [5.41, 5.74) is 2.12. The summed E-state index contributed by atoms with van der Waals surface area (Å²) < 4.78 is 2.82. The van der Waals surface area contributed by atoms with E-state index in [-0.39, 0.29) is 6.04 Å². The molecule has 0 aromatic carbocycles. The number of halogens is 1. The number of rotatable bonds is 3. The molecule has 1 atom stereocenters. The van der Waals surface area contributed by atoms with Gasteiger partial charge in [0.2, 0.25) is 0 Å². The standard InChI is InChI=1S/C10H12BrN5/c1-12-9(7-3-4-13-14-5-7)10-8(11)6-15-16(10)2/h3-6,9,12H,1-2H3. The van der Waals surface area contributed by atoms with Gasteiger partial charge in [0.1, 0.15) is 0 Å². The van der Waals surface area contributed by atoms with Crippen molar-refractivity contribution in [3.8, 4) is 0 Å². The summed E-state index contributed by atoms with van der Waals surface area (Å²) in [6, 6.07) is 1.99. The summed E-state index contributed by atoms with van der Waals surface area (Å²) in [5, 5.41) is 15.1. The lowest BCUT2D eigenvalue weighted by Gasteiger charge is -2.16. The van der Waals surface area contributed by atoms with Crippen LogP contribution in [0.2, 0.25) is 0 Å². The second-order valence-corrected chi connectivity index (χ2v) is 4.25. The molecular formula is C10H12BrN5. The zero-order chi connectivity index (χ0) is 11.5. The highest BCUT2D eigenvalue weighted by molar-refractivity contribution is 9.10. The van der Waals surface area contributed by atoms with Crippen LogP contribution in [0.15, 0.2) is 29.1 Å². The van der Waals surface area contributed by atoms with E-state index in [2.05, 4.69) is 36.5 Å². The van der Waals surface area contributed by atoms with Crippen LogP contribution in [-0.4, -0.2) is 27.0 Å². The quantitative estimate of drug-likeness (QED) is 0.921. The Morgan fingerprint density at radius 1 is 1.38 bits per heavy atom. The molecule has 16 heavy (non-hydrogen) atoms. The first-order valence-corrected chi connectivity index (χ1v) is 5.64. The van der Waals surface area contributed by atoms with E-state index in [0.29, 0.717) is 0 Å². The lowest BCUT2D eigenvalue weighted by atomic mass is 10.1. The molecule has 6 heteroatoms. The maximum atomic E-state index is 4.20. The highest BCUT2D eigenvalue weighted by Gasteiger charge is 2.19. The van der Waals surface area contributed by atoms with E-state index < -0.39 is 0 Å². The van der Waals surface area contributed by atoms with E-state index in [1.54, 1.807) is 18.6 Å². The Labute approximate surface area is 102 Å². The van der Waals surface area contributed by atoms with Gasteiger partial charge in [-0.15, -0.1) is 0 Å². The molecule has 0 bridgehead atoms. The monoisotopic (exact) mass is 281 g/mol. The molecule has 5 nitrogen and oxygen atoms in total. The Morgan fingerprint density at radius 2 is 2.19 bits per heavy atom. The smallest absolute Gasteiger partial charge is 0.0773 e. The molecule has 1 unspecified atom stereocenters. The topological polar surface area (TPSA) is 55.6 Å². The van der Waals surface area contributed by atoms with Crippen molar-refractivity contribution in [1.29, 1.82) is 0 Å². The van der Waals surface area contributed by atoms with Crippen molar-refractivity contribution in [3.63, 3.8) is 0 Å². The molecule has 0 radical (unpaired) electrons. The predicted molar refractivity (Wildman–Crippen MR) is 63.8 cm³/mol. The van der Waals surface area contributed by atoms with Crippen LogP contribution >= 0.6 is 15.9 Å². The van der Waals surface area contributed by atoms with Gasteiger partial charge in [0.15, 0.2) is 0 Å². The van der Waals surface area contributed by atoms with Gasteiger partial charge in [-0.3, -0.25) is 4.68 Å². The Bertz CT molecular complexity index is 448. The van der Waals surface area contributed by atoms with Crippen molar-refractivity contribution in [1.82, 2.24) is 25.3 Å². The van der Waals surface area contributed by atoms with Crippen molar-refractivity contribution < 1.29 is 0 Å². The zero-order valence-electron chi connectivity index (χ0n) is 9.05. The summed E-state index contributed by atoms with van der Waals surface area (Å²) in [7, 11) is 3.82. The molecule has 84 valence electrons. The van der Waals surface area contributed by atoms with Crippen LogP contribution in [0.4, 0.5) is 0 Å². The minimum atomic E-state index is 0.0531. The third kappa shape index (κ3) is 1.98. The van der Waals surface area contributed by atoms with Crippen LogP contribution in [0.1, 0.15) is 17.3 Å². The number of nitrogens with one attached hydrogen (secondary N) is 1. The Morgan fingerprint density at radius 3 is 2.69 bits per heavy atom. The van der Waals surface area contributed by atoms with Crippen LogP contribution in [0.5, 0.6) is 0 Å². The summed E-state index contributed by atoms with van der Waals surface area (Å²) in [4.78, 5) is 0. The third-order valence-corrected chi connectivity index (χ3v) is 3.05. The number of nitrogens with zero attached hydrogens (tertiary/aromatic N) is 4. The Kier molecular flexibility index (Phi) is 3.31. The second kappa shape index (κ2) is 4.71. The molecule has 0 aliphatic rings. The summed E-state index contributed by atoms with van der Waals surface area (Å²) in [6.07, 6.45) is 5.22. The fourth-order valence-corrected chi connectivity index (χ4v) is 2.25. The minimum absolute atomic E-state index is 0.0531. The van der Waals surface area contributed by atoms with Crippen LogP contribution in [0.3, 0.4) is 0 Å². The molecule has 2 aromatic rings. The van der Waals surface area contributed by atoms with Crippen molar-refractivity contribution in [2.24, 2.45) is 7.05 Å². The van der Waals surface area contributed by atoms with Crippen LogP contribution in [-0.2, 0) is 7.05 Å². The number of aromatic nitrogens is 4. The molecule has 0 amide bonds. The molecule has 2 aromatic heterocycles. The lowest BCUT2D eigenvalue weighted by molar-refractivity contribution is 0.601. The van der Waals surface area contributed by atoms with Crippen LogP contribution < -0.4 is 5.32 Å². The van der Waals surface area contributed by atoms with Crippen LogP contribution in [0, 0.1) is 0 Å². The van der Waals surface area contributed by atoms with E-state index >= 15 is 0 Å². The molecule has 0 spiro atoms. The second-order valence-electron chi connectivity index (χ2n) is 3.40. The maximum absolute atomic E-state index is 4.20. The Hall–Kier alpha value is -1.27. The van der Waals surface area contributed by atoms with Gasteiger partial charge >= 0.3 is 0 Å². The van der Waals surface area contributed by atoms with Gasteiger partial charge < -0.3 is 5.32 Å². The highest BCUT2D eigenvalue weighted by atomic mass is 79.9. The van der Waals surface area contributed by atoms with E-state index in [4.69, 9.17) is 0 Å². The molecule has 1 N–H and O–H groups in total. The highest BCUT2D eigenvalue weighted by Crippen LogP contribution is 2.26. The van der Waals surface area contributed by atoms with Gasteiger partial charge in [0, 0.05) is 13.2 Å². The van der Waals surface area contributed by atoms with Gasteiger partial charge in [-0.2, -0.15) is 15.3 Å². The van der Waals surface area contributed by atoms with E-state index in [9.17, 15) is 0 Å². The zero-order valence-corrected chi connectivity index (χ0v) is 10.6. The van der Waals surface area contributed by atoms with Gasteiger partial charge in [-0.25, -0.2) is 0 Å². The average molecular weight is 282 g/mol. The fourth-order valence-electron chi connectivity index (χ4n) is 1.68. The first-order chi connectivity index (χ1) is 7.74. The Balaban J connectivity index is 2.45. The molecule has 0 fully saturated rings. The molecular weight excluding hydrogens is 270 g/mol. The van der Waals surface area contributed by atoms with E-state index in [1.165, 1.54) is 0 Å². The molecule has 0 aliphatic heterocycles. The number of hydrogen-bond acceptors (Lipinski definition) is 4. The van der Waals surface area contributed by atoms with Gasteiger partial charge in [0.25, 0.3) is 0 Å². The van der Waals surface area contributed by atoms with E-state index in [1.807, 2.05) is 24.8 Å².